The molecule has 0 fully saturated rings. The summed E-state index contributed by atoms with van der Waals surface area (Å²) in [6.07, 6.45) is 1.29. The number of halogens is 1. The minimum absolute atomic E-state index is 0.206. The van der Waals surface area contributed by atoms with Crippen molar-refractivity contribution in [3.63, 3.8) is 0 Å². The maximum atomic E-state index is 10.2. The Bertz CT molecular complexity index is 316. The van der Waals surface area contributed by atoms with Crippen molar-refractivity contribution < 1.29 is 9.66 Å². The molecule has 0 amide bonds. The van der Waals surface area contributed by atoms with Crippen molar-refractivity contribution in [1.29, 1.82) is 0 Å². The number of pyridine rings is 1. The van der Waals surface area contributed by atoms with Gasteiger partial charge in [-0.25, -0.2) is 0 Å². The van der Waals surface area contributed by atoms with Crippen molar-refractivity contribution in [2.75, 3.05) is 7.11 Å². The van der Waals surface area contributed by atoms with Crippen LogP contribution in [0.4, 0.5) is 5.82 Å². The third kappa shape index (κ3) is 1.70. The summed E-state index contributed by atoms with van der Waals surface area (Å²) in [5, 5.41) is 10.2. The molecule has 5 nitrogen and oxygen atoms in total. The summed E-state index contributed by atoms with van der Waals surface area (Å²) in [6, 6.07) is 1.29. The number of hydrogen-bond acceptors (Lipinski definition) is 4. The van der Waals surface area contributed by atoms with E-state index in [1.54, 1.807) is 0 Å². The molecule has 64 valence electrons. The van der Waals surface area contributed by atoms with Gasteiger partial charge in [-0.3, -0.25) is 0 Å². The summed E-state index contributed by atoms with van der Waals surface area (Å²) >= 11 is 3.11. The number of hydrogen-bond donors (Lipinski definition) is 0. The highest BCUT2D eigenvalue weighted by molar-refractivity contribution is 9.10. The first-order chi connectivity index (χ1) is 5.65. The smallest absolute Gasteiger partial charge is 0.364 e. The molecule has 0 N–H and O–H groups in total. The fourth-order valence-corrected chi connectivity index (χ4v) is 1.13. The number of nitro groups is 1. The predicted octanol–water partition coefficient (Wildman–Crippen LogP) is 1.76. The van der Waals surface area contributed by atoms with Gasteiger partial charge in [0.2, 0.25) is 0 Å². The maximum Gasteiger partial charge on any atom is 0.364 e. The largest absolute Gasteiger partial charge is 0.492 e. The van der Waals surface area contributed by atoms with Gasteiger partial charge >= 0.3 is 5.82 Å². The summed E-state index contributed by atoms with van der Waals surface area (Å²) in [5.74, 6) is 0.267. The zero-order chi connectivity index (χ0) is 9.14. The zero-order valence-electron chi connectivity index (χ0n) is 6.15. The molecule has 1 heterocycles. The van der Waals surface area contributed by atoms with Gasteiger partial charge in [0.25, 0.3) is 0 Å². The van der Waals surface area contributed by atoms with Crippen molar-refractivity contribution in [3.05, 3.63) is 26.9 Å². The highest BCUT2D eigenvalue weighted by Crippen LogP contribution is 2.26. The van der Waals surface area contributed by atoms with Gasteiger partial charge in [-0.15, -0.1) is 0 Å². The van der Waals surface area contributed by atoms with Crippen molar-refractivity contribution in [2.45, 2.75) is 0 Å². The van der Waals surface area contributed by atoms with Gasteiger partial charge < -0.3 is 14.9 Å². The van der Waals surface area contributed by atoms with Crippen LogP contribution >= 0.6 is 15.9 Å². The van der Waals surface area contributed by atoms with E-state index in [1.165, 1.54) is 19.4 Å². The first-order valence-electron chi connectivity index (χ1n) is 2.99. The lowest BCUT2D eigenvalue weighted by atomic mass is 10.4. The van der Waals surface area contributed by atoms with E-state index in [4.69, 9.17) is 4.74 Å². The molecule has 0 spiro atoms. The highest BCUT2D eigenvalue weighted by Gasteiger charge is 2.10. The summed E-state index contributed by atoms with van der Waals surface area (Å²) in [7, 11) is 1.47. The second-order valence-corrected chi connectivity index (χ2v) is 2.79. The average Bonchev–Trinajstić information content (AvgIpc) is 2.04. The van der Waals surface area contributed by atoms with Crippen LogP contribution in [0.25, 0.3) is 0 Å². The molecule has 0 unspecified atom stereocenters. The minimum Gasteiger partial charge on any atom is -0.492 e. The molecule has 0 aliphatic carbocycles. The van der Waals surface area contributed by atoms with E-state index in [1.807, 2.05) is 0 Å². The van der Waals surface area contributed by atoms with E-state index in [0.29, 0.717) is 10.2 Å². The minimum atomic E-state index is -0.565. The Morgan fingerprint density at radius 1 is 1.75 bits per heavy atom. The van der Waals surface area contributed by atoms with Crippen molar-refractivity contribution >= 4 is 21.7 Å². The third-order valence-corrected chi connectivity index (χ3v) is 1.83. The van der Waals surface area contributed by atoms with Gasteiger partial charge in [0.05, 0.1) is 17.6 Å². The molecule has 0 aliphatic rings. The van der Waals surface area contributed by atoms with E-state index in [2.05, 4.69) is 20.9 Å². The van der Waals surface area contributed by atoms with Crippen LogP contribution in [0.3, 0.4) is 0 Å². The van der Waals surface area contributed by atoms with Crippen LogP contribution in [0.2, 0.25) is 0 Å². The van der Waals surface area contributed by atoms with Crippen LogP contribution in [-0.2, 0) is 0 Å². The van der Waals surface area contributed by atoms with Gasteiger partial charge in [0.1, 0.15) is 0 Å². The fraction of sp³-hybridized carbons (Fsp3) is 0.167. The third-order valence-electron chi connectivity index (χ3n) is 1.21. The first-order valence-corrected chi connectivity index (χ1v) is 3.78. The molecule has 12 heavy (non-hydrogen) atoms. The lowest BCUT2D eigenvalue weighted by molar-refractivity contribution is -0.389. The fourth-order valence-electron chi connectivity index (χ4n) is 0.658. The molecule has 6 heteroatoms. The van der Waals surface area contributed by atoms with Crippen LogP contribution in [0.1, 0.15) is 0 Å². The Hall–Kier alpha value is -1.17. The molecule has 0 saturated heterocycles. The predicted molar refractivity (Wildman–Crippen MR) is 45.1 cm³/mol. The molecule has 0 aromatic carbocycles. The van der Waals surface area contributed by atoms with E-state index in [9.17, 15) is 10.1 Å². The SMILES string of the molecule is COc1cnc([N+](=O)[O-])cc1Br. The zero-order valence-corrected chi connectivity index (χ0v) is 7.74. The first kappa shape index (κ1) is 8.92. The molecule has 1 aromatic heterocycles. The Kier molecular flexibility index (Phi) is 2.59. The monoisotopic (exact) mass is 232 g/mol. The summed E-state index contributed by atoms with van der Waals surface area (Å²) in [6.45, 7) is 0. The summed E-state index contributed by atoms with van der Waals surface area (Å²) < 4.78 is 5.37. The molecule has 0 radical (unpaired) electrons. The maximum absolute atomic E-state index is 10.2. The molecule has 1 aromatic rings. The quantitative estimate of drug-likeness (QED) is 0.576. The number of nitrogens with zero attached hydrogens (tertiary/aromatic N) is 2. The van der Waals surface area contributed by atoms with Gasteiger partial charge in [-0.05, 0) is 25.8 Å². The van der Waals surface area contributed by atoms with Gasteiger partial charge in [-0.1, -0.05) is 0 Å². The molecule has 0 saturated carbocycles. The number of ether oxygens (including phenoxy) is 1. The summed E-state index contributed by atoms with van der Waals surface area (Å²) in [4.78, 5) is 13.2. The molecular formula is C6H5BrN2O3. The topological polar surface area (TPSA) is 65.3 Å². The Labute approximate surface area is 76.7 Å². The van der Waals surface area contributed by atoms with Crippen LogP contribution in [0, 0.1) is 10.1 Å². The van der Waals surface area contributed by atoms with Crippen LogP contribution in [-0.4, -0.2) is 17.0 Å². The van der Waals surface area contributed by atoms with Crippen molar-refractivity contribution in [1.82, 2.24) is 4.98 Å². The number of rotatable bonds is 2. The highest BCUT2D eigenvalue weighted by atomic mass is 79.9. The molecular weight excluding hydrogens is 228 g/mol. The lowest BCUT2D eigenvalue weighted by Crippen LogP contribution is -1.93. The number of methoxy groups -OCH3 is 1. The van der Waals surface area contributed by atoms with E-state index >= 15 is 0 Å². The van der Waals surface area contributed by atoms with Gasteiger partial charge in [0, 0.05) is 0 Å². The Morgan fingerprint density at radius 2 is 2.42 bits per heavy atom. The van der Waals surface area contributed by atoms with Crippen molar-refractivity contribution in [3.8, 4) is 5.75 Å². The van der Waals surface area contributed by atoms with Crippen LogP contribution in [0.5, 0.6) is 5.75 Å². The number of aromatic nitrogens is 1. The molecule has 1 rings (SSSR count). The standard InChI is InChI=1S/C6H5BrN2O3/c1-12-5-3-8-6(9(10)11)2-4(5)7/h2-3H,1H3. The van der Waals surface area contributed by atoms with Crippen LogP contribution < -0.4 is 4.74 Å². The Balaban J connectivity index is 3.10. The Morgan fingerprint density at radius 3 is 2.83 bits per heavy atom. The second kappa shape index (κ2) is 3.48. The van der Waals surface area contributed by atoms with E-state index in [-0.39, 0.29) is 5.82 Å². The van der Waals surface area contributed by atoms with E-state index in [0.717, 1.165) is 0 Å². The summed E-state index contributed by atoms with van der Waals surface area (Å²) in [5.41, 5.74) is 0. The second-order valence-electron chi connectivity index (χ2n) is 1.93. The molecule has 0 aliphatic heterocycles. The average molecular weight is 233 g/mol. The lowest BCUT2D eigenvalue weighted by Gasteiger charge is -1.98. The normalized spacial score (nSPS) is 9.50. The van der Waals surface area contributed by atoms with Gasteiger partial charge in [0.15, 0.2) is 11.9 Å². The molecule has 0 bridgehead atoms. The van der Waals surface area contributed by atoms with Crippen molar-refractivity contribution in [2.24, 2.45) is 0 Å². The van der Waals surface area contributed by atoms with E-state index < -0.39 is 4.92 Å². The van der Waals surface area contributed by atoms with Crippen LogP contribution in [0.15, 0.2) is 16.7 Å². The van der Waals surface area contributed by atoms with Gasteiger partial charge in [-0.2, -0.15) is 0 Å². The molecule has 0 atom stereocenters.